The summed E-state index contributed by atoms with van der Waals surface area (Å²) in [6.45, 7) is 0. The quantitative estimate of drug-likeness (QED) is 0.464. The van der Waals surface area contributed by atoms with E-state index in [1.807, 2.05) is 0 Å². The first-order chi connectivity index (χ1) is 5.70. The molecular weight excluding hydrogens is 160 g/mol. The van der Waals surface area contributed by atoms with Crippen LogP contribution in [0.15, 0.2) is 0 Å². The average Bonchev–Trinajstić information content (AvgIpc) is 2.04. The Morgan fingerprint density at radius 2 is 2.33 bits per heavy atom. The summed E-state index contributed by atoms with van der Waals surface area (Å²) in [6, 6.07) is 0. The molecule has 4 heteroatoms. The molecule has 0 spiro atoms. The SMILES string of the molecule is COC(=O)CCC[C@H](O)CC=O. The molecule has 4 nitrogen and oxygen atoms in total. The van der Waals surface area contributed by atoms with Crippen LogP contribution in [0.1, 0.15) is 25.7 Å². The maximum absolute atomic E-state index is 10.6. The second-order valence-electron chi connectivity index (χ2n) is 2.52. The molecular formula is C8H14O4. The Bertz CT molecular complexity index is 144. The van der Waals surface area contributed by atoms with Gasteiger partial charge < -0.3 is 14.6 Å². The Hall–Kier alpha value is -0.900. The monoisotopic (exact) mass is 174 g/mol. The summed E-state index contributed by atoms with van der Waals surface area (Å²) in [5.41, 5.74) is 0. The summed E-state index contributed by atoms with van der Waals surface area (Å²) in [5.74, 6) is -0.284. The van der Waals surface area contributed by atoms with Crippen molar-refractivity contribution in [1.82, 2.24) is 0 Å². The van der Waals surface area contributed by atoms with Crippen molar-refractivity contribution >= 4 is 12.3 Å². The van der Waals surface area contributed by atoms with Gasteiger partial charge in [0.15, 0.2) is 0 Å². The third-order valence-electron chi connectivity index (χ3n) is 1.51. The van der Waals surface area contributed by atoms with E-state index in [0.717, 1.165) is 0 Å². The summed E-state index contributed by atoms with van der Waals surface area (Å²) in [7, 11) is 1.32. The number of hydrogen-bond donors (Lipinski definition) is 1. The van der Waals surface area contributed by atoms with E-state index in [1.54, 1.807) is 0 Å². The van der Waals surface area contributed by atoms with E-state index in [9.17, 15) is 9.59 Å². The summed E-state index contributed by atoms with van der Waals surface area (Å²) in [5, 5.41) is 9.05. The highest BCUT2D eigenvalue weighted by molar-refractivity contribution is 5.68. The van der Waals surface area contributed by atoms with Crippen LogP contribution in [0.3, 0.4) is 0 Å². The molecule has 0 rings (SSSR count). The molecule has 0 aromatic heterocycles. The van der Waals surface area contributed by atoms with Gasteiger partial charge in [-0.2, -0.15) is 0 Å². The number of aliphatic hydroxyl groups is 1. The Morgan fingerprint density at radius 3 is 2.83 bits per heavy atom. The summed E-state index contributed by atoms with van der Waals surface area (Å²) >= 11 is 0. The number of aldehydes is 1. The molecule has 0 saturated carbocycles. The minimum absolute atomic E-state index is 0.140. The van der Waals surface area contributed by atoms with Gasteiger partial charge in [0.2, 0.25) is 0 Å². The minimum atomic E-state index is -0.618. The molecule has 70 valence electrons. The molecule has 1 N–H and O–H groups in total. The summed E-state index contributed by atoms with van der Waals surface area (Å²) < 4.78 is 4.40. The number of hydrogen-bond acceptors (Lipinski definition) is 4. The van der Waals surface area contributed by atoms with Crippen molar-refractivity contribution < 1.29 is 19.4 Å². The van der Waals surface area contributed by atoms with Gasteiger partial charge >= 0.3 is 5.97 Å². The van der Waals surface area contributed by atoms with Gasteiger partial charge in [-0.25, -0.2) is 0 Å². The van der Waals surface area contributed by atoms with Crippen LogP contribution >= 0.6 is 0 Å². The second-order valence-corrected chi connectivity index (χ2v) is 2.52. The van der Waals surface area contributed by atoms with E-state index >= 15 is 0 Å². The third-order valence-corrected chi connectivity index (χ3v) is 1.51. The van der Waals surface area contributed by atoms with Crippen molar-refractivity contribution in [2.75, 3.05) is 7.11 Å². The molecule has 12 heavy (non-hydrogen) atoms. The molecule has 0 radical (unpaired) electrons. The van der Waals surface area contributed by atoms with E-state index in [2.05, 4.69) is 4.74 Å². The van der Waals surface area contributed by atoms with E-state index in [-0.39, 0.29) is 12.4 Å². The number of carbonyl (C=O) groups excluding carboxylic acids is 2. The van der Waals surface area contributed by atoms with Crippen LogP contribution < -0.4 is 0 Å². The number of methoxy groups -OCH3 is 1. The molecule has 0 saturated heterocycles. The van der Waals surface area contributed by atoms with Gasteiger partial charge in [0.25, 0.3) is 0 Å². The normalized spacial score (nSPS) is 12.2. The van der Waals surface area contributed by atoms with Crippen LogP contribution in [0, 0.1) is 0 Å². The molecule has 1 atom stereocenters. The van der Waals surface area contributed by atoms with Crippen LogP contribution in [0.5, 0.6) is 0 Å². The number of esters is 1. The lowest BCUT2D eigenvalue weighted by Gasteiger charge is -2.04. The molecule has 0 fully saturated rings. The fraction of sp³-hybridized carbons (Fsp3) is 0.750. The van der Waals surface area contributed by atoms with Crippen LogP contribution in [-0.2, 0) is 14.3 Å². The smallest absolute Gasteiger partial charge is 0.305 e. The Morgan fingerprint density at radius 1 is 1.67 bits per heavy atom. The molecule has 0 unspecified atom stereocenters. The zero-order valence-electron chi connectivity index (χ0n) is 7.16. The summed E-state index contributed by atoms with van der Waals surface area (Å²) in [6.07, 6.45) is 1.51. The van der Waals surface area contributed by atoms with Crippen molar-refractivity contribution in [3.8, 4) is 0 Å². The first-order valence-corrected chi connectivity index (χ1v) is 3.89. The number of carbonyl (C=O) groups is 2. The number of rotatable bonds is 6. The van der Waals surface area contributed by atoms with E-state index < -0.39 is 6.10 Å². The van der Waals surface area contributed by atoms with Gasteiger partial charge in [-0.3, -0.25) is 4.79 Å². The van der Waals surface area contributed by atoms with Gasteiger partial charge in [-0.1, -0.05) is 0 Å². The molecule has 0 aromatic rings. The number of aliphatic hydroxyl groups excluding tert-OH is 1. The molecule has 0 aromatic carbocycles. The van der Waals surface area contributed by atoms with E-state index in [0.29, 0.717) is 25.5 Å². The Kier molecular flexibility index (Phi) is 6.28. The van der Waals surface area contributed by atoms with Gasteiger partial charge in [0, 0.05) is 12.8 Å². The molecule has 0 amide bonds. The van der Waals surface area contributed by atoms with Crippen LogP contribution in [0.4, 0.5) is 0 Å². The van der Waals surface area contributed by atoms with Crippen molar-refractivity contribution in [2.24, 2.45) is 0 Å². The zero-order chi connectivity index (χ0) is 9.40. The lowest BCUT2D eigenvalue weighted by atomic mass is 10.1. The predicted molar refractivity (Wildman–Crippen MR) is 42.6 cm³/mol. The first-order valence-electron chi connectivity index (χ1n) is 3.89. The number of ether oxygens (including phenoxy) is 1. The van der Waals surface area contributed by atoms with Crippen molar-refractivity contribution in [3.63, 3.8) is 0 Å². The first kappa shape index (κ1) is 11.1. The molecule has 0 aliphatic heterocycles. The highest BCUT2D eigenvalue weighted by Crippen LogP contribution is 2.03. The van der Waals surface area contributed by atoms with Gasteiger partial charge in [0.1, 0.15) is 6.29 Å². The summed E-state index contributed by atoms with van der Waals surface area (Å²) in [4.78, 5) is 20.5. The zero-order valence-corrected chi connectivity index (χ0v) is 7.16. The van der Waals surface area contributed by atoms with Crippen LogP contribution in [0.2, 0.25) is 0 Å². The lowest BCUT2D eigenvalue weighted by molar-refractivity contribution is -0.140. The maximum Gasteiger partial charge on any atom is 0.305 e. The minimum Gasteiger partial charge on any atom is -0.469 e. The van der Waals surface area contributed by atoms with Gasteiger partial charge in [-0.05, 0) is 12.8 Å². The molecule has 0 heterocycles. The van der Waals surface area contributed by atoms with Crippen LogP contribution in [0.25, 0.3) is 0 Å². The van der Waals surface area contributed by atoms with Crippen LogP contribution in [-0.4, -0.2) is 30.6 Å². The lowest BCUT2D eigenvalue weighted by Crippen LogP contribution is -2.08. The molecule has 0 aliphatic rings. The highest BCUT2D eigenvalue weighted by Gasteiger charge is 2.05. The van der Waals surface area contributed by atoms with Gasteiger partial charge in [-0.15, -0.1) is 0 Å². The highest BCUT2D eigenvalue weighted by atomic mass is 16.5. The second kappa shape index (κ2) is 6.79. The van der Waals surface area contributed by atoms with E-state index in [4.69, 9.17) is 5.11 Å². The largest absolute Gasteiger partial charge is 0.469 e. The maximum atomic E-state index is 10.6. The fourth-order valence-corrected chi connectivity index (χ4v) is 0.813. The molecule has 0 aliphatic carbocycles. The van der Waals surface area contributed by atoms with Crippen molar-refractivity contribution in [2.45, 2.75) is 31.8 Å². The Balaban J connectivity index is 3.29. The predicted octanol–water partition coefficient (Wildman–Crippen LogP) is 0.280. The van der Waals surface area contributed by atoms with Gasteiger partial charge in [0.05, 0.1) is 13.2 Å². The molecule has 0 bridgehead atoms. The standard InChI is InChI=1S/C8H14O4/c1-12-8(11)4-2-3-7(10)5-6-9/h6-7,10H,2-5H2,1H3/t7-/m0/s1. The average molecular weight is 174 g/mol. The Labute approximate surface area is 71.5 Å². The third kappa shape index (κ3) is 5.85. The van der Waals surface area contributed by atoms with Crippen molar-refractivity contribution in [3.05, 3.63) is 0 Å². The van der Waals surface area contributed by atoms with E-state index in [1.165, 1.54) is 7.11 Å². The van der Waals surface area contributed by atoms with Crippen molar-refractivity contribution in [1.29, 1.82) is 0 Å². The topological polar surface area (TPSA) is 63.6 Å². The fourth-order valence-electron chi connectivity index (χ4n) is 0.813.